The Hall–Kier alpha value is -0.0800. The first-order valence-electron chi connectivity index (χ1n) is 2.06. The van der Waals surface area contributed by atoms with Gasteiger partial charge in [-0.1, -0.05) is 22.3 Å². The van der Waals surface area contributed by atoms with Crippen LogP contribution in [0.15, 0.2) is 0 Å². The standard InChI is InChI=1S/C4H12N2.3CH4/c1-5-4-6(2)3;;;/h5H,4H2,1-3H3;3*1H4. The summed E-state index contributed by atoms with van der Waals surface area (Å²) in [6, 6.07) is 0. The van der Waals surface area contributed by atoms with Gasteiger partial charge in [-0.2, -0.15) is 0 Å². The Kier molecular flexibility index (Phi) is 40.2. The molecule has 0 aromatic heterocycles. The second-order valence-corrected chi connectivity index (χ2v) is 1.59. The summed E-state index contributed by atoms with van der Waals surface area (Å²) in [5.74, 6) is 0. The lowest BCUT2D eigenvalue weighted by Gasteiger charge is -2.05. The van der Waals surface area contributed by atoms with Crippen molar-refractivity contribution in [2.75, 3.05) is 27.8 Å². The van der Waals surface area contributed by atoms with Crippen molar-refractivity contribution in [3.63, 3.8) is 0 Å². The van der Waals surface area contributed by atoms with Gasteiger partial charge in [-0.15, -0.1) is 0 Å². The first-order valence-corrected chi connectivity index (χ1v) is 2.06. The predicted octanol–water partition coefficient (Wildman–Crippen LogP) is 1.63. The van der Waals surface area contributed by atoms with Crippen molar-refractivity contribution in [3.05, 3.63) is 0 Å². The second-order valence-electron chi connectivity index (χ2n) is 1.59. The van der Waals surface area contributed by atoms with E-state index in [9.17, 15) is 0 Å². The van der Waals surface area contributed by atoms with Crippen LogP contribution in [-0.2, 0) is 0 Å². The minimum atomic E-state index is 0. The molecule has 2 nitrogen and oxygen atoms in total. The maximum absolute atomic E-state index is 2.99. The molecule has 0 aromatic carbocycles. The fourth-order valence-electron chi connectivity index (χ4n) is 0.316. The van der Waals surface area contributed by atoms with E-state index in [1.807, 2.05) is 21.1 Å². The SMILES string of the molecule is C.C.C.CNCN(C)C. The van der Waals surface area contributed by atoms with Crippen LogP contribution in [-0.4, -0.2) is 32.7 Å². The van der Waals surface area contributed by atoms with Crippen LogP contribution < -0.4 is 5.32 Å². The van der Waals surface area contributed by atoms with E-state index in [-0.39, 0.29) is 22.3 Å². The van der Waals surface area contributed by atoms with Gasteiger partial charge in [-0.3, -0.25) is 4.90 Å². The summed E-state index contributed by atoms with van der Waals surface area (Å²) in [7, 11) is 5.98. The van der Waals surface area contributed by atoms with Gasteiger partial charge in [0.15, 0.2) is 0 Å². The molecule has 0 unspecified atom stereocenters. The number of nitrogens with zero attached hydrogens (tertiary/aromatic N) is 1. The zero-order chi connectivity index (χ0) is 4.99. The highest BCUT2D eigenvalue weighted by Crippen LogP contribution is 1.60. The second kappa shape index (κ2) is 15.7. The van der Waals surface area contributed by atoms with E-state index in [1.165, 1.54) is 0 Å². The molecular formula is C7H24N2. The van der Waals surface area contributed by atoms with Crippen LogP contribution in [0.2, 0.25) is 0 Å². The quantitative estimate of drug-likeness (QED) is 0.580. The molecule has 0 aliphatic rings. The van der Waals surface area contributed by atoms with Crippen molar-refractivity contribution in [3.8, 4) is 0 Å². The molecule has 0 rings (SSSR count). The van der Waals surface area contributed by atoms with E-state index >= 15 is 0 Å². The average molecular weight is 136 g/mol. The van der Waals surface area contributed by atoms with Crippen molar-refractivity contribution in [2.24, 2.45) is 0 Å². The van der Waals surface area contributed by atoms with Gasteiger partial charge in [0.2, 0.25) is 0 Å². The first-order chi connectivity index (χ1) is 2.77. The number of rotatable bonds is 2. The van der Waals surface area contributed by atoms with Crippen LogP contribution in [0, 0.1) is 0 Å². The fraction of sp³-hybridized carbons (Fsp3) is 1.00. The van der Waals surface area contributed by atoms with Gasteiger partial charge in [-0.05, 0) is 21.1 Å². The average Bonchev–Trinajstić information content (AvgIpc) is 1.35. The van der Waals surface area contributed by atoms with Crippen LogP contribution in [0.1, 0.15) is 22.3 Å². The lowest BCUT2D eigenvalue weighted by molar-refractivity contribution is 0.385. The van der Waals surface area contributed by atoms with E-state index < -0.39 is 0 Å². The third kappa shape index (κ3) is 32.6. The molecule has 2 heteroatoms. The molecule has 0 saturated carbocycles. The minimum Gasteiger partial charge on any atom is -0.307 e. The van der Waals surface area contributed by atoms with Crippen LogP contribution in [0.5, 0.6) is 0 Å². The molecule has 1 N–H and O–H groups in total. The van der Waals surface area contributed by atoms with Crippen molar-refractivity contribution < 1.29 is 0 Å². The third-order valence-corrected chi connectivity index (χ3v) is 0.474. The Labute approximate surface area is 61.3 Å². The van der Waals surface area contributed by atoms with Crippen molar-refractivity contribution in [1.29, 1.82) is 0 Å². The van der Waals surface area contributed by atoms with Crippen LogP contribution in [0.25, 0.3) is 0 Å². The molecule has 0 fully saturated rings. The highest BCUT2D eigenvalue weighted by Gasteiger charge is 1.77. The van der Waals surface area contributed by atoms with Gasteiger partial charge in [0.1, 0.15) is 0 Å². The molecule has 0 aliphatic heterocycles. The maximum Gasteiger partial charge on any atom is 0.0472 e. The number of nitrogens with one attached hydrogen (secondary N) is 1. The summed E-state index contributed by atoms with van der Waals surface area (Å²) in [5.41, 5.74) is 0. The molecule has 0 aromatic rings. The Bertz CT molecular complexity index is 28.1. The van der Waals surface area contributed by atoms with Gasteiger partial charge in [0.05, 0.1) is 0 Å². The Morgan fingerprint density at radius 2 is 1.44 bits per heavy atom. The summed E-state index contributed by atoms with van der Waals surface area (Å²) in [6.07, 6.45) is 0. The topological polar surface area (TPSA) is 15.3 Å². The molecule has 0 heterocycles. The molecule has 62 valence electrons. The fourth-order valence-corrected chi connectivity index (χ4v) is 0.316. The predicted molar refractivity (Wildman–Crippen MR) is 47.8 cm³/mol. The van der Waals surface area contributed by atoms with Gasteiger partial charge in [0, 0.05) is 6.67 Å². The highest BCUT2D eigenvalue weighted by molar-refractivity contribution is 4.30. The van der Waals surface area contributed by atoms with Crippen LogP contribution in [0.4, 0.5) is 0 Å². The number of hydrogen-bond donors (Lipinski definition) is 1. The minimum absolute atomic E-state index is 0. The summed E-state index contributed by atoms with van der Waals surface area (Å²) < 4.78 is 0. The Morgan fingerprint density at radius 3 is 1.44 bits per heavy atom. The molecule has 0 amide bonds. The van der Waals surface area contributed by atoms with Gasteiger partial charge >= 0.3 is 0 Å². The highest BCUT2D eigenvalue weighted by atomic mass is 15.2. The van der Waals surface area contributed by atoms with Gasteiger partial charge in [-0.25, -0.2) is 0 Å². The molecule has 0 radical (unpaired) electrons. The molecular weight excluding hydrogens is 112 g/mol. The Morgan fingerprint density at radius 1 is 1.11 bits per heavy atom. The number of hydrogen-bond acceptors (Lipinski definition) is 2. The molecule has 0 saturated heterocycles. The van der Waals surface area contributed by atoms with Crippen LogP contribution >= 0.6 is 0 Å². The lowest BCUT2D eigenvalue weighted by atomic mass is 10.9. The van der Waals surface area contributed by atoms with Crippen LogP contribution in [0.3, 0.4) is 0 Å². The van der Waals surface area contributed by atoms with E-state index in [2.05, 4.69) is 10.2 Å². The van der Waals surface area contributed by atoms with E-state index in [0.717, 1.165) is 6.67 Å². The largest absolute Gasteiger partial charge is 0.307 e. The lowest BCUT2D eigenvalue weighted by Crippen LogP contribution is -2.24. The van der Waals surface area contributed by atoms with E-state index in [0.29, 0.717) is 0 Å². The molecule has 0 bridgehead atoms. The molecule has 0 spiro atoms. The van der Waals surface area contributed by atoms with E-state index in [1.54, 1.807) is 0 Å². The first kappa shape index (κ1) is 23.1. The monoisotopic (exact) mass is 136 g/mol. The maximum atomic E-state index is 2.99. The van der Waals surface area contributed by atoms with Crippen molar-refractivity contribution >= 4 is 0 Å². The molecule has 0 aliphatic carbocycles. The zero-order valence-corrected chi connectivity index (χ0v) is 4.65. The van der Waals surface area contributed by atoms with Gasteiger partial charge in [0.25, 0.3) is 0 Å². The Balaban J connectivity index is -0.0000000417. The summed E-state index contributed by atoms with van der Waals surface area (Å²) >= 11 is 0. The van der Waals surface area contributed by atoms with E-state index in [4.69, 9.17) is 0 Å². The smallest absolute Gasteiger partial charge is 0.0472 e. The third-order valence-electron chi connectivity index (χ3n) is 0.474. The zero-order valence-electron chi connectivity index (χ0n) is 4.65. The summed E-state index contributed by atoms with van der Waals surface area (Å²) in [6.45, 7) is 0.958. The van der Waals surface area contributed by atoms with Gasteiger partial charge < -0.3 is 5.32 Å². The summed E-state index contributed by atoms with van der Waals surface area (Å²) in [5, 5.41) is 2.99. The van der Waals surface area contributed by atoms with Crippen molar-refractivity contribution in [1.82, 2.24) is 10.2 Å². The molecule has 0 atom stereocenters. The molecule has 9 heavy (non-hydrogen) atoms. The van der Waals surface area contributed by atoms with Crippen molar-refractivity contribution in [2.45, 2.75) is 22.3 Å². The summed E-state index contributed by atoms with van der Waals surface area (Å²) in [4.78, 5) is 2.07. The normalized spacial score (nSPS) is 6.67.